The van der Waals surface area contributed by atoms with Crippen LogP contribution in [0.3, 0.4) is 0 Å². The Labute approximate surface area is 183 Å². The molecule has 2 aromatic rings. The highest BCUT2D eigenvalue weighted by molar-refractivity contribution is 8.14. The number of benzene rings is 2. The molecule has 6 nitrogen and oxygen atoms in total. The van der Waals surface area contributed by atoms with Gasteiger partial charge in [-0.05, 0) is 60.6 Å². The molecule has 0 saturated carbocycles. The third-order valence-electron chi connectivity index (χ3n) is 4.73. The van der Waals surface area contributed by atoms with Crippen molar-refractivity contribution in [2.45, 2.75) is 62.2 Å². The number of carbonyl (C=O) groups excluding carboxylic acids is 2. The standard InChI is InChI=1S/C22H22N2O4S2/c1-3-5-7-17(25)27-21-23-13-9-12-16-20-14(10-11-15(29-21)19(13)20)24-22(30-16)28-18(26)8-6-4-2/h9-12H,3-8H2,1-2H3. The van der Waals surface area contributed by atoms with Gasteiger partial charge in [-0.2, -0.15) is 0 Å². The van der Waals surface area contributed by atoms with Crippen molar-refractivity contribution in [2.24, 2.45) is 9.98 Å². The van der Waals surface area contributed by atoms with E-state index in [1.807, 2.05) is 38.1 Å². The third-order valence-corrected chi connectivity index (χ3v) is 6.55. The summed E-state index contributed by atoms with van der Waals surface area (Å²) < 4.78 is 10.9. The lowest BCUT2D eigenvalue weighted by Gasteiger charge is -2.21. The fraction of sp³-hybridized carbons (Fsp3) is 0.364. The van der Waals surface area contributed by atoms with Crippen molar-refractivity contribution in [1.29, 1.82) is 0 Å². The molecular formula is C22H22N2O4S2. The van der Waals surface area contributed by atoms with Gasteiger partial charge in [0.25, 0.3) is 10.5 Å². The molecular weight excluding hydrogens is 420 g/mol. The van der Waals surface area contributed by atoms with Crippen LogP contribution in [0.2, 0.25) is 0 Å². The molecule has 2 heterocycles. The number of unbranched alkanes of at least 4 members (excludes halogenated alkanes) is 2. The average Bonchev–Trinajstić information content (AvgIpc) is 2.74. The summed E-state index contributed by atoms with van der Waals surface area (Å²) in [5.41, 5.74) is 1.50. The molecule has 0 saturated heterocycles. The van der Waals surface area contributed by atoms with Crippen LogP contribution in [0.5, 0.6) is 0 Å². The van der Waals surface area contributed by atoms with Crippen molar-refractivity contribution in [3.63, 3.8) is 0 Å². The fourth-order valence-corrected chi connectivity index (χ4v) is 5.03. The first-order chi connectivity index (χ1) is 14.6. The Kier molecular flexibility index (Phi) is 6.43. The van der Waals surface area contributed by atoms with Crippen molar-refractivity contribution < 1.29 is 19.1 Å². The second-order valence-electron chi connectivity index (χ2n) is 7.03. The molecule has 0 unspecified atom stereocenters. The van der Waals surface area contributed by atoms with Crippen LogP contribution < -0.4 is 0 Å². The zero-order valence-corrected chi connectivity index (χ0v) is 18.5. The van der Waals surface area contributed by atoms with E-state index >= 15 is 0 Å². The van der Waals surface area contributed by atoms with E-state index < -0.39 is 0 Å². The van der Waals surface area contributed by atoms with Crippen LogP contribution in [0.25, 0.3) is 10.8 Å². The van der Waals surface area contributed by atoms with Crippen LogP contribution in [0.1, 0.15) is 52.4 Å². The van der Waals surface area contributed by atoms with Gasteiger partial charge in [0.05, 0.1) is 11.4 Å². The van der Waals surface area contributed by atoms with E-state index in [4.69, 9.17) is 9.47 Å². The first-order valence-electron chi connectivity index (χ1n) is 10.1. The second kappa shape index (κ2) is 9.22. The molecule has 0 N–H and O–H groups in total. The summed E-state index contributed by atoms with van der Waals surface area (Å²) in [6, 6.07) is 7.69. The number of hydrogen-bond acceptors (Lipinski definition) is 8. The Balaban J connectivity index is 1.61. The largest absolute Gasteiger partial charge is 0.401 e. The van der Waals surface area contributed by atoms with Gasteiger partial charge in [-0.1, -0.05) is 26.7 Å². The van der Waals surface area contributed by atoms with Gasteiger partial charge in [0.1, 0.15) is 0 Å². The van der Waals surface area contributed by atoms with E-state index in [2.05, 4.69) is 9.98 Å². The van der Waals surface area contributed by atoms with Crippen LogP contribution in [0.4, 0.5) is 11.4 Å². The van der Waals surface area contributed by atoms with Crippen molar-refractivity contribution >= 4 is 68.1 Å². The number of ether oxygens (including phenoxy) is 2. The van der Waals surface area contributed by atoms with E-state index in [0.29, 0.717) is 23.3 Å². The van der Waals surface area contributed by atoms with Crippen LogP contribution in [-0.2, 0) is 19.1 Å². The molecule has 0 spiro atoms. The molecule has 8 heteroatoms. The Hall–Kier alpha value is -2.32. The van der Waals surface area contributed by atoms with Gasteiger partial charge >= 0.3 is 11.9 Å². The number of carbonyl (C=O) groups is 2. The molecule has 2 aliphatic heterocycles. The highest BCUT2D eigenvalue weighted by atomic mass is 32.2. The minimum Gasteiger partial charge on any atom is -0.401 e. The minimum atomic E-state index is -0.258. The summed E-state index contributed by atoms with van der Waals surface area (Å²) in [5.74, 6) is -0.515. The maximum Gasteiger partial charge on any atom is 0.312 e. The zero-order valence-electron chi connectivity index (χ0n) is 16.9. The monoisotopic (exact) mass is 442 g/mol. The summed E-state index contributed by atoms with van der Waals surface area (Å²) in [5, 5.41) is 2.67. The molecule has 0 atom stereocenters. The first kappa shape index (κ1) is 20.9. The molecule has 2 aromatic carbocycles. The maximum atomic E-state index is 12.0. The minimum absolute atomic E-state index is 0.258. The highest BCUT2D eigenvalue weighted by Gasteiger charge is 2.26. The Morgan fingerprint density at radius 3 is 1.60 bits per heavy atom. The third kappa shape index (κ3) is 4.39. The lowest BCUT2D eigenvalue weighted by molar-refractivity contribution is -0.136. The van der Waals surface area contributed by atoms with E-state index in [1.54, 1.807) is 0 Å². The van der Waals surface area contributed by atoms with Crippen LogP contribution in [0, 0.1) is 0 Å². The summed E-state index contributed by atoms with van der Waals surface area (Å²) in [6.45, 7) is 4.07. The smallest absolute Gasteiger partial charge is 0.312 e. The number of aliphatic imine (C=N–C) groups is 2. The van der Waals surface area contributed by atoms with Crippen molar-refractivity contribution in [3.8, 4) is 0 Å². The zero-order chi connectivity index (χ0) is 21.1. The Morgan fingerprint density at radius 1 is 0.767 bits per heavy atom. The van der Waals surface area contributed by atoms with Gasteiger partial charge < -0.3 is 9.47 Å². The van der Waals surface area contributed by atoms with Crippen molar-refractivity contribution in [3.05, 3.63) is 24.3 Å². The molecule has 0 bridgehead atoms. The van der Waals surface area contributed by atoms with E-state index in [9.17, 15) is 9.59 Å². The van der Waals surface area contributed by atoms with Gasteiger partial charge in [0.15, 0.2) is 0 Å². The predicted octanol–water partition coefficient (Wildman–Crippen LogP) is 6.49. The molecule has 0 aromatic heterocycles. The summed E-state index contributed by atoms with van der Waals surface area (Å²) in [6.07, 6.45) is 4.27. The summed E-state index contributed by atoms with van der Waals surface area (Å²) in [4.78, 5) is 35.0. The lowest BCUT2D eigenvalue weighted by atomic mass is 10.1. The van der Waals surface area contributed by atoms with E-state index in [0.717, 1.165) is 57.6 Å². The average molecular weight is 443 g/mol. The van der Waals surface area contributed by atoms with Crippen LogP contribution >= 0.6 is 23.5 Å². The number of nitrogens with zero attached hydrogens (tertiary/aromatic N) is 2. The van der Waals surface area contributed by atoms with Crippen molar-refractivity contribution in [2.75, 3.05) is 0 Å². The molecule has 2 aliphatic rings. The van der Waals surface area contributed by atoms with Crippen LogP contribution in [0.15, 0.2) is 44.0 Å². The van der Waals surface area contributed by atoms with Gasteiger partial charge in [-0.15, -0.1) is 0 Å². The van der Waals surface area contributed by atoms with Gasteiger partial charge in [-0.25, -0.2) is 9.98 Å². The SMILES string of the molecule is CCCCC(=O)OC1=Nc2ccc3c4c(ccc(c24)S1)N=C(OC(=O)CCCC)S3. The predicted molar refractivity (Wildman–Crippen MR) is 121 cm³/mol. The second-order valence-corrected chi connectivity index (χ2v) is 9.02. The number of thioether (sulfide) groups is 2. The number of esters is 2. The summed E-state index contributed by atoms with van der Waals surface area (Å²) in [7, 11) is 0. The Morgan fingerprint density at radius 2 is 1.20 bits per heavy atom. The fourth-order valence-electron chi connectivity index (χ4n) is 3.21. The van der Waals surface area contributed by atoms with E-state index in [-0.39, 0.29) is 11.9 Å². The van der Waals surface area contributed by atoms with E-state index in [1.165, 1.54) is 23.5 Å². The molecule has 4 rings (SSSR count). The molecule has 0 aliphatic carbocycles. The van der Waals surface area contributed by atoms with Crippen molar-refractivity contribution in [1.82, 2.24) is 0 Å². The van der Waals surface area contributed by atoms with Gasteiger partial charge in [-0.3, -0.25) is 9.59 Å². The molecule has 0 fully saturated rings. The van der Waals surface area contributed by atoms with Gasteiger partial charge in [0, 0.05) is 33.4 Å². The normalized spacial score (nSPS) is 14.2. The molecule has 0 amide bonds. The Bertz CT molecular complexity index is 993. The highest BCUT2D eigenvalue weighted by Crippen LogP contribution is 2.49. The first-order valence-corrected chi connectivity index (χ1v) is 11.8. The number of hydrogen-bond donors (Lipinski definition) is 0. The lowest BCUT2D eigenvalue weighted by Crippen LogP contribution is -2.12. The summed E-state index contributed by atoms with van der Waals surface area (Å²) >= 11 is 2.70. The topological polar surface area (TPSA) is 77.3 Å². The maximum absolute atomic E-state index is 12.0. The van der Waals surface area contributed by atoms with Gasteiger partial charge in [0.2, 0.25) is 0 Å². The molecule has 156 valence electrons. The molecule has 30 heavy (non-hydrogen) atoms. The number of rotatable bonds is 6. The van der Waals surface area contributed by atoms with Crippen LogP contribution in [-0.4, -0.2) is 22.4 Å². The molecule has 0 radical (unpaired) electrons. The quantitative estimate of drug-likeness (QED) is 0.476.